The Morgan fingerprint density at radius 2 is 2.04 bits per heavy atom. The highest BCUT2D eigenvalue weighted by molar-refractivity contribution is 9.10. The number of benzene rings is 2. The van der Waals surface area contributed by atoms with Gasteiger partial charge in [0.05, 0.1) is 17.7 Å². The molecule has 4 nitrogen and oxygen atoms in total. The summed E-state index contributed by atoms with van der Waals surface area (Å²) in [6, 6.07) is 10.8. The molecule has 0 radical (unpaired) electrons. The number of thioether (sulfide) groups is 1. The highest BCUT2D eigenvalue weighted by Crippen LogP contribution is 2.39. The fraction of sp³-hybridized carbons (Fsp3) is 0.111. The third-order valence-electron chi connectivity index (χ3n) is 3.73. The first kappa shape index (κ1) is 18.0. The van der Waals surface area contributed by atoms with Crippen LogP contribution in [0.1, 0.15) is 11.1 Å². The summed E-state index contributed by atoms with van der Waals surface area (Å²) >= 11 is 10.1. The van der Waals surface area contributed by atoms with Crippen molar-refractivity contribution in [2.24, 2.45) is 0 Å². The lowest BCUT2D eigenvalue weighted by Crippen LogP contribution is -2.28. The van der Waals surface area contributed by atoms with Crippen molar-refractivity contribution in [3.05, 3.63) is 56.9 Å². The van der Waals surface area contributed by atoms with Gasteiger partial charge in [-0.2, -0.15) is 0 Å². The van der Waals surface area contributed by atoms with Gasteiger partial charge in [0, 0.05) is 4.47 Å². The van der Waals surface area contributed by atoms with Crippen molar-refractivity contribution < 1.29 is 14.6 Å². The van der Waals surface area contributed by atoms with Crippen LogP contribution in [0.5, 0.6) is 11.5 Å². The van der Waals surface area contributed by atoms with E-state index in [-0.39, 0.29) is 11.7 Å². The number of nitrogens with zero attached hydrogens (tertiary/aromatic N) is 1. The molecule has 1 aliphatic rings. The third kappa shape index (κ3) is 3.44. The number of aryl methyl sites for hydroxylation is 1. The minimum Gasteiger partial charge on any atom is -0.504 e. The van der Waals surface area contributed by atoms with E-state index in [9.17, 15) is 9.90 Å². The van der Waals surface area contributed by atoms with E-state index in [0.717, 1.165) is 16.8 Å². The van der Waals surface area contributed by atoms with E-state index in [0.29, 0.717) is 19.4 Å². The quantitative estimate of drug-likeness (QED) is 0.549. The summed E-state index contributed by atoms with van der Waals surface area (Å²) in [7, 11) is 1.48. The highest BCUT2D eigenvalue weighted by atomic mass is 79.9. The number of phenolic OH excluding ortho intramolecular Hbond substituents is 1. The lowest BCUT2D eigenvalue weighted by atomic mass is 10.1. The number of halogens is 1. The number of amides is 1. The standard InChI is InChI=1S/C18H14BrNO3S2/c1-10-5-3-4-6-13(10)20-17(22)16(25-18(20)24)8-11-7-15(23-2)14(21)9-12(11)19/h3-9,21H,1-2H3. The van der Waals surface area contributed by atoms with E-state index in [2.05, 4.69) is 15.9 Å². The summed E-state index contributed by atoms with van der Waals surface area (Å²) in [5.41, 5.74) is 2.49. The number of hydrogen-bond acceptors (Lipinski definition) is 5. The Labute approximate surface area is 163 Å². The Hall–Kier alpha value is -1.83. The molecular weight excluding hydrogens is 422 g/mol. The van der Waals surface area contributed by atoms with Crippen LogP contribution in [0.4, 0.5) is 5.69 Å². The molecule has 1 saturated heterocycles. The van der Waals surface area contributed by atoms with Gasteiger partial charge in [-0.3, -0.25) is 9.69 Å². The summed E-state index contributed by atoms with van der Waals surface area (Å²) in [4.78, 5) is 14.9. The molecule has 0 aliphatic carbocycles. The molecule has 128 valence electrons. The average Bonchev–Trinajstić information content (AvgIpc) is 2.84. The first-order chi connectivity index (χ1) is 11.9. The molecule has 7 heteroatoms. The van der Waals surface area contributed by atoms with E-state index in [4.69, 9.17) is 17.0 Å². The maximum atomic E-state index is 12.9. The van der Waals surface area contributed by atoms with Crippen LogP contribution in [0.2, 0.25) is 0 Å². The van der Waals surface area contributed by atoms with Gasteiger partial charge in [-0.05, 0) is 42.3 Å². The zero-order chi connectivity index (χ0) is 18.1. The molecule has 1 aliphatic heterocycles. The van der Waals surface area contributed by atoms with Crippen LogP contribution < -0.4 is 9.64 Å². The number of hydrogen-bond donors (Lipinski definition) is 1. The molecule has 2 aromatic rings. The summed E-state index contributed by atoms with van der Waals surface area (Å²) in [6.07, 6.45) is 1.74. The third-order valence-corrected chi connectivity index (χ3v) is 5.72. The number of methoxy groups -OCH3 is 1. The SMILES string of the molecule is COc1cc(C=C2SC(=S)N(c3ccccc3C)C2=O)c(Br)cc1O. The second-order valence-corrected chi connectivity index (χ2v) is 7.88. The van der Waals surface area contributed by atoms with Gasteiger partial charge >= 0.3 is 0 Å². The minimum atomic E-state index is -0.164. The van der Waals surface area contributed by atoms with Gasteiger partial charge in [-0.1, -0.05) is 58.1 Å². The van der Waals surface area contributed by atoms with Crippen molar-refractivity contribution in [1.29, 1.82) is 0 Å². The van der Waals surface area contributed by atoms with Crippen molar-refractivity contribution in [3.8, 4) is 11.5 Å². The van der Waals surface area contributed by atoms with Crippen molar-refractivity contribution in [3.63, 3.8) is 0 Å². The Bertz CT molecular complexity index is 911. The number of anilines is 1. The van der Waals surface area contributed by atoms with Crippen LogP contribution in [0.25, 0.3) is 6.08 Å². The van der Waals surface area contributed by atoms with Crippen LogP contribution in [-0.4, -0.2) is 22.4 Å². The van der Waals surface area contributed by atoms with Crippen molar-refractivity contribution in [1.82, 2.24) is 0 Å². The molecule has 0 saturated carbocycles. The van der Waals surface area contributed by atoms with Gasteiger partial charge in [0.15, 0.2) is 15.8 Å². The Balaban J connectivity index is 2.00. The number of aromatic hydroxyl groups is 1. The number of phenols is 1. The van der Waals surface area contributed by atoms with Gasteiger partial charge in [0.2, 0.25) is 0 Å². The smallest absolute Gasteiger partial charge is 0.270 e. The number of carbonyl (C=O) groups is 1. The summed E-state index contributed by atoms with van der Waals surface area (Å²) < 4.78 is 6.28. The van der Waals surface area contributed by atoms with Crippen molar-refractivity contribution in [2.45, 2.75) is 6.92 Å². The molecule has 1 amide bonds. The van der Waals surface area contributed by atoms with E-state index in [1.54, 1.807) is 17.0 Å². The van der Waals surface area contributed by atoms with Gasteiger partial charge in [-0.25, -0.2) is 0 Å². The normalized spacial score (nSPS) is 16.0. The maximum absolute atomic E-state index is 12.9. The summed E-state index contributed by atoms with van der Waals surface area (Å²) in [5.74, 6) is 0.200. The highest BCUT2D eigenvalue weighted by Gasteiger charge is 2.34. The number of carbonyl (C=O) groups excluding carboxylic acids is 1. The Morgan fingerprint density at radius 1 is 1.32 bits per heavy atom. The van der Waals surface area contributed by atoms with Crippen LogP contribution in [0, 0.1) is 6.92 Å². The minimum absolute atomic E-state index is 0.0268. The molecule has 1 N–H and O–H groups in total. The van der Waals surface area contributed by atoms with Crippen LogP contribution in [0.3, 0.4) is 0 Å². The van der Waals surface area contributed by atoms with E-state index < -0.39 is 0 Å². The monoisotopic (exact) mass is 435 g/mol. The van der Waals surface area contributed by atoms with Gasteiger partial charge in [-0.15, -0.1) is 0 Å². The lowest BCUT2D eigenvalue weighted by Gasteiger charge is -2.16. The van der Waals surface area contributed by atoms with E-state index >= 15 is 0 Å². The number of thiocarbonyl (C=S) groups is 1. The molecule has 0 bridgehead atoms. The molecule has 0 atom stereocenters. The predicted molar refractivity (Wildman–Crippen MR) is 109 cm³/mol. The van der Waals surface area contributed by atoms with E-state index in [1.165, 1.54) is 24.9 Å². The fourth-order valence-electron chi connectivity index (χ4n) is 2.46. The fourth-order valence-corrected chi connectivity index (χ4v) is 4.19. The Kier molecular flexibility index (Phi) is 5.17. The average molecular weight is 436 g/mol. The number of para-hydroxylation sites is 1. The first-order valence-corrected chi connectivity index (χ1v) is 9.34. The van der Waals surface area contributed by atoms with E-state index in [1.807, 2.05) is 31.2 Å². The molecule has 25 heavy (non-hydrogen) atoms. The molecule has 2 aromatic carbocycles. The first-order valence-electron chi connectivity index (χ1n) is 7.32. The lowest BCUT2D eigenvalue weighted by molar-refractivity contribution is -0.113. The molecule has 1 fully saturated rings. The molecule has 0 spiro atoms. The maximum Gasteiger partial charge on any atom is 0.270 e. The van der Waals surface area contributed by atoms with Crippen LogP contribution in [-0.2, 0) is 4.79 Å². The van der Waals surface area contributed by atoms with Gasteiger partial charge in [0.25, 0.3) is 5.91 Å². The number of rotatable bonds is 3. The second kappa shape index (κ2) is 7.19. The topological polar surface area (TPSA) is 49.8 Å². The largest absolute Gasteiger partial charge is 0.504 e. The van der Waals surface area contributed by atoms with Crippen molar-refractivity contribution >= 4 is 61.9 Å². The molecule has 0 aromatic heterocycles. The summed E-state index contributed by atoms with van der Waals surface area (Å²) in [5, 5.41) is 9.82. The Morgan fingerprint density at radius 3 is 2.72 bits per heavy atom. The van der Waals surface area contributed by atoms with Crippen molar-refractivity contribution in [2.75, 3.05) is 12.0 Å². The number of ether oxygens (including phenoxy) is 1. The van der Waals surface area contributed by atoms with Crippen LogP contribution in [0.15, 0.2) is 45.8 Å². The molecule has 3 rings (SSSR count). The zero-order valence-corrected chi connectivity index (χ0v) is 16.7. The molecular formula is C18H14BrNO3S2. The van der Waals surface area contributed by atoms with Gasteiger partial charge in [0.1, 0.15) is 0 Å². The molecule has 0 unspecified atom stereocenters. The molecule has 1 heterocycles. The zero-order valence-electron chi connectivity index (χ0n) is 13.4. The summed E-state index contributed by atoms with van der Waals surface area (Å²) in [6.45, 7) is 1.94. The second-order valence-electron chi connectivity index (χ2n) is 5.35. The van der Waals surface area contributed by atoms with Crippen LogP contribution >= 0.6 is 39.9 Å². The predicted octanol–water partition coefficient (Wildman–Crippen LogP) is 4.88. The van der Waals surface area contributed by atoms with Gasteiger partial charge < -0.3 is 9.84 Å².